The predicted molar refractivity (Wildman–Crippen MR) is 106 cm³/mol. The summed E-state index contributed by atoms with van der Waals surface area (Å²) in [5.74, 6) is -1.24. The van der Waals surface area contributed by atoms with Gasteiger partial charge in [-0.05, 0) is 43.4 Å². The van der Waals surface area contributed by atoms with E-state index in [-0.39, 0.29) is 15.6 Å². The Morgan fingerprint density at radius 2 is 2.00 bits per heavy atom. The fourth-order valence-electron chi connectivity index (χ4n) is 2.98. The number of hydrogen-bond donors (Lipinski definition) is 1. The van der Waals surface area contributed by atoms with Crippen molar-refractivity contribution in [2.24, 2.45) is 0 Å². The number of amides is 1. The van der Waals surface area contributed by atoms with Crippen LogP contribution in [0.3, 0.4) is 0 Å². The molecule has 1 aliphatic rings. The Morgan fingerprint density at radius 3 is 2.78 bits per heavy atom. The van der Waals surface area contributed by atoms with Crippen molar-refractivity contribution in [2.45, 2.75) is 32.1 Å². The second-order valence-electron chi connectivity index (χ2n) is 6.11. The second kappa shape index (κ2) is 8.75. The fourth-order valence-corrected chi connectivity index (χ4v) is 4.62. The van der Waals surface area contributed by atoms with E-state index in [9.17, 15) is 14.9 Å². The summed E-state index contributed by atoms with van der Waals surface area (Å²) in [4.78, 5) is 25.5. The van der Waals surface area contributed by atoms with E-state index in [1.165, 1.54) is 17.4 Å². The van der Waals surface area contributed by atoms with Crippen LogP contribution in [0.1, 0.15) is 45.6 Å². The zero-order valence-corrected chi connectivity index (χ0v) is 16.6. The molecule has 0 bridgehead atoms. The number of benzene rings is 1. The molecule has 0 aliphatic heterocycles. The lowest BCUT2D eigenvalue weighted by Gasteiger charge is -2.07. The van der Waals surface area contributed by atoms with Crippen LogP contribution in [-0.2, 0) is 22.4 Å². The number of nitrogens with one attached hydrogen (secondary N) is 1. The van der Waals surface area contributed by atoms with Gasteiger partial charge in [-0.15, -0.1) is 11.3 Å². The van der Waals surface area contributed by atoms with Crippen LogP contribution in [0.4, 0.5) is 5.00 Å². The Bertz CT molecular complexity index is 934. The van der Waals surface area contributed by atoms with Crippen molar-refractivity contribution >= 4 is 51.4 Å². The van der Waals surface area contributed by atoms with E-state index < -0.39 is 18.5 Å². The molecule has 140 valence electrons. The third kappa shape index (κ3) is 4.44. The van der Waals surface area contributed by atoms with Gasteiger partial charge in [-0.2, -0.15) is 5.26 Å². The lowest BCUT2D eigenvalue weighted by molar-refractivity contribution is -0.119. The van der Waals surface area contributed by atoms with E-state index in [2.05, 4.69) is 11.4 Å². The molecule has 8 heteroatoms. The molecule has 1 aromatic heterocycles. The van der Waals surface area contributed by atoms with Gasteiger partial charge in [-0.25, -0.2) is 4.79 Å². The van der Waals surface area contributed by atoms with E-state index >= 15 is 0 Å². The van der Waals surface area contributed by atoms with Crippen molar-refractivity contribution < 1.29 is 14.3 Å². The molecule has 0 fully saturated rings. The lowest BCUT2D eigenvalue weighted by atomic mass is 10.1. The largest absolute Gasteiger partial charge is 0.452 e. The van der Waals surface area contributed by atoms with Gasteiger partial charge in [-0.1, -0.05) is 35.7 Å². The Kier molecular flexibility index (Phi) is 6.38. The number of halogens is 2. The molecule has 5 nitrogen and oxygen atoms in total. The molecule has 0 spiro atoms. The van der Waals surface area contributed by atoms with Gasteiger partial charge in [0.1, 0.15) is 11.1 Å². The van der Waals surface area contributed by atoms with E-state index in [4.69, 9.17) is 27.9 Å². The average molecular weight is 423 g/mol. The molecule has 1 amide bonds. The van der Waals surface area contributed by atoms with Crippen LogP contribution < -0.4 is 5.32 Å². The number of aryl methyl sites for hydroxylation is 1. The normalized spacial score (nSPS) is 13.2. The molecule has 0 saturated carbocycles. The summed E-state index contributed by atoms with van der Waals surface area (Å²) in [5, 5.41) is 13.0. The number of hydrogen-bond acceptors (Lipinski definition) is 5. The van der Waals surface area contributed by atoms with Crippen molar-refractivity contribution in [1.82, 2.24) is 0 Å². The number of esters is 1. The predicted octanol–water partition coefficient (Wildman–Crippen LogP) is 4.99. The van der Waals surface area contributed by atoms with E-state index in [0.717, 1.165) is 42.5 Å². The Balaban J connectivity index is 1.66. The molecule has 3 rings (SSSR count). The highest BCUT2D eigenvalue weighted by molar-refractivity contribution is 7.16. The van der Waals surface area contributed by atoms with Gasteiger partial charge in [0.25, 0.3) is 5.91 Å². The summed E-state index contributed by atoms with van der Waals surface area (Å²) in [6.07, 6.45) is 5.06. The van der Waals surface area contributed by atoms with Crippen LogP contribution in [0.2, 0.25) is 10.0 Å². The van der Waals surface area contributed by atoms with Gasteiger partial charge in [-0.3, -0.25) is 4.79 Å². The number of fused-ring (bicyclic) bond motifs is 1. The summed E-state index contributed by atoms with van der Waals surface area (Å²) < 4.78 is 5.02. The topological polar surface area (TPSA) is 79.2 Å². The molecule has 1 aliphatic carbocycles. The molecular weight excluding hydrogens is 407 g/mol. The molecule has 1 heterocycles. The summed E-state index contributed by atoms with van der Waals surface area (Å²) in [7, 11) is 0. The number of nitrogens with zero attached hydrogens (tertiary/aromatic N) is 1. The summed E-state index contributed by atoms with van der Waals surface area (Å²) in [6.45, 7) is -0.477. The molecule has 1 N–H and O–H groups in total. The van der Waals surface area contributed by atoms with Crippen molar-refractivity contribution in [3.05, 3.63) is 49.8 Å². The molecular formula is C19H16Cl2N2O3S. The highest BCUT2D eigenvalue weighted by Gasteiger charge is 2.22. The third-order valence-electron chi connectivity index (χ3n) is 4.29. The van der Waals surface area contributed by atoms with Gasteiger partial charge in [0, 0.05) is 4.88 Å². The number of carbonyl (C=O) groups excluding carboxylic acids is 2. The van der Waals surface area contributed by atoms with Gasteiger partial charge in [0.2, 0.25) is 0 Å². The highest BCUT2D eigenvalue weighted by atomic mass is 35.5. The monoisotopic (exact) mass is 422 g/mol. The van der Waals surface area contributed by atoms with Crippen LogP contribution in [0, 0.1) is 11.3 Å². The highest BCUT2D eigenvalue weighted by Crippen LogP contribution is 2.37. The minimum Gasteiger partial charge on any atom is -0.452 e. The van der Waals surface area contributed by atoms with Crippen LogP contribution in [0.15, 0.2) is 18.2 Å². The fraction of sp³-hybridized carbons (Fsp3) is 0.316. The first-order chi connectivity index (χ1) is 13.0. The van der Waals surface area contributed by atoms with Crippen molar-refractivity contribution in [2.75, 3.05) is 11.9 Å². The number of anilines is 1. The SMILES string of the molecule is N#Cc1c(NC(=O)COC(=O)c2cccc(Cl)c2Cl)sc2c1CCCCC2. The minimum absolute atomic E-state index is 0.0818. The first-order valence-corrected chi connectivity index (χ1v) is 10.0. The van der Waals surface area contributed by atoms with Gasteiger partial charge in [0.05, 0.1) is 21.2 Å². The molecule has 0 unspecified atom stereocenters. The number of ether oxygens (including phenoxy) is 1. The van der Waals surface area contributed by atoms with Gasteiger partial charge >= 0.3 is 5.97 Å². The van der Waals surface area contributed by atoms with Crippen molar-refractivity contribution in [3.8, 4) is 6.07 Å². The van der Waals surface area contributed by atoms with Gasteiger partial charge < -0.3 is 10.1 Å². The van der Waals surface area contributed by atoms with Gasteiger partial charge in [0.15, 0.2) is 6.61 Å². The average Bonchev–Trinajstić information content (AvgIpc) is 2.81. The maximum absolute atomic E-state index is 12.2. The first-order valence-electron chi connectivity index (χ1n) is 8.47. The molecule has 27 heavy (non-hydrogen) atoms. The van der Waals surface area contributed by atoms with E-state index in [1.54, 1.807) is 12.1 Å². The van der Waals surface area contributed by atoms with E-state index in [0.29, 0.717) is 10.6 Å². The zero-order chi connectivity index (χ0) is 19.4. The zero-order valence-electron chi connectivity index (χ0n) is 14.3. The van der Waals surface area contributed by atoms with Crippen LogP contribution in [0.5, 0.6) is 0 Å². The standard InChI is InChI=1S/C19H16Cl2N2O3S/c20-14-7-4-6-12(17(14)21)19(25)26-10-16(24)23-18-13(9-22)11-5-2-1-3-8-15(11)27-18/h4,6-7H,1-3,5,8,10H2,(H,23,24). The minimum atomic E-state index is -0.736. The number of rotatable bonds is 4. The lowest BCUT2D eigenvalue weighted by Crippen LogP contribution is -2.21. The first kappa shape index (κ1) is 19.7. The maximum Gasteiger partial charge on any atom is 0.340 e. The summed E-state index contributed by atoms with van der Waals surface area (Å²) in [5.41, 5.74) is 1.66. The number of carbonyl (C=O) groups is 2. The van der Waals surface area contributed by atoms with Crippen molar-refractivity contribution in [1.29, 1.82) is 5.26 Å². The van der Waals surface area contributed by atoms with Crippen LogP contribution in [-0.4, -0.2) is 18.5 Å². The Morgan fingerprint density at radius 1 is 1.22 bits per heavy atom. The van der Waals surface area contributed by atoms with E-state index in [1.807, 2.05) is 0 Å². The molecule has 0 atom stereocenters. The number of nitriles is 1. The summed E-state index contributed by atoms with van der Waals surface area (Å²) in [6, 6.07) is 6.79. The molecule has 0 radical (unpaired) electrons. The number of thiophene rings is 1. The van der Waals surface area contributed by atoms with Crippen molar-refractivity contribution in [3.63, 3.8) is 0 Å². The Hall–Kier alpha value is -2.07. The van der Waals surface area contributed by atoms with Crippen LogP contribution >= 0.6 is 34.5 Å². The Labute approximate surface area is 170 Å². The third-order valence-corrected chi connectivity index (χ3v) is 6.32. The quantitative estimate of drug-likeness (QED) is 0.555. The molecule has 1 aromatic carbocycles. The second-order valence-corrected chi connectivity index (χ2v) is 8.00. The smallest absolute Gasteiger partial charge is 0.340 e. The summed E-state index contributed by atoms with van der Waals surface area (Å²) >= 11 is 13.3. The molecule has 0 saturated heterocycles. The van der Waals surface area contributed by atoms with Crippen LogP contribution in [0.25, 0.3) is 0 Å². The molecule has 2 aromatic rings. The maximum atomic E-state index is 12.2.